The summed E-state index contributed by atoms with van der Waals surface area (Å²) in [5, 5.41) is 0.567. The van der Waals surface area contributed by atoms with E-state index in [9.17, 15) is 4.79 Å². The van der Waals surface area contributed by atoms with Crippen LogP contribution in [0.5, 0.6) is 0 Å². The summed E-state index contributed by atoms with van der Waals surface area (Å²) in [5.41, 5.74) is 1.03. The average Bonchev–Trinajstić information content (AvgIpc) is 2.30. The number of esters is 1. The van der Waals surface area contributed by atoms with Crippen LogP contribution in [0, 0.1) is 5.92 Å². The fourth-order valence-corrected chi connectivity index (χ4v) is 2.78. The zero-order valence-corrected chi connectivity index (χ0v) is 12.6. The van der Waals surface area contributed by atoms with Crippen LogP contribution in [-0.4, -0.2) is 18.3 Å². The van der Waals surface area contributed by atoms with Crippen LogP contribution < -0.4 is 0 Å². The van der Waals surface area contributed by atoms with Gasteiger partial charge in [0.25, 0.3) is 0 Å². The summed E-state index contributed by atoms with van der Waals surface area (Å²) < 4.78 is 4.88. The summed E-state index contributed by atoms with van der Waals surface area (Å²) >= 11 is 1.83. The number of ether oxygens (including phenoxy) is 1. The predicted octanol–water partition coefficient (Wildman–Crippen LogP) is 4.10. The maximum absolute atomic E-state index is 11.8. The lowest BCUT2D eigenvalue weighted by atomic mass is 9.88. The molecule has 0 radical (unpaired) electrons. The highest BCUT2D eigenvalue weighted by atomic mass is 32.2. The van der Waals surface area contributed by atoms with Crippen molar-refractivity contribution in [2.24, 2.45) is 5.92 Å². The number of methoxy groups -OCH3 is 1. The van der Waals surface area contributed by atoms with Gasteiger partial charge in [-0.2, -0.15) is 0 Å². The van der Waals surface area contributed by atoms with Gasteiger partial charge in [-0.3, -0.25) is 4.79 Å². The lowest BCUT2D eigenvalue weighted by molar-refractivity contribution is -0.143. The summed E-state index contributed by atoms with van der Waals surface area (Å²) in [6, 6.07) is 8.23. The first-order chi connectivity index (χ1) is 8.45. The van der Waals surface area contributed by atoms with E-state index in [1.165, 1.54) is 12.0 Å². The standard InChI is InChI=1S/C15H22O2S/c1-10(2)14(15(16)17-5)12-6-8-13(9-7-12)18-11(3)4/h6-11,14H,1-5H3. The van der Waals surface area contributed by atoms with Crippen molar-refractivity contribution in [3.63, 3.8) is 0 Å². The molecule has 1 aromatic carbocycles. The molecule has 1 atom stereocenters. The number of hydrogen-bond donors (Lipinski definition) is 0. The fourth-order valence-electron chi connectivity index (χ4n) is 1.95. The maximum atomic E-state index is 11.8. The minimum Gasteiger partial charge on any atom is -0.469 e. The summed E-state index contributed by atoms with van der Waals surface area (Å²) in [5.74, 6) is -0.0941. The maximum Gasteiger partial charge on any atom is 0.313 e. The van der Waals surface area contributed by atoms with Crippen LogP contribution in [0.3, 0.4) is 0 Å². The Labute approximate surface area is 114 Å². The van der Waals surface area contributed by atoms with Crippen molar-refractivity contribution >= 4 is 17.7 Å². The summed E-state index contributed by atoms with van der Waals surface area (Å²) in [6.45, 7) is 8.42. The van der Waals surface area contributed by atoms with Crippen LogP contribution in [0.2, 0.25) is 0 Å². The van der Waals surface area contributed by atoms with Gasteiger partial charge in [0.15, 0.2) is 0 Å². The van der Waals surface area contributed by atoms with Crippen LogP contribution in [0.4, 0.5) is 0 Å². The monoisotopic (exact) mass is 266 g/mol. The van der Waals surface area contributed by atoms with Gasteiger partial charge in [0.05, 0.1) is 13.0 Å². The van der Waals surface area contributed by atoms with E-state index < -0.39 is 0 Å². The van der Waals surface area contributed by atoms with Gasteiger partial charge in [0.1, 0.15) is 0 Å². The molecular weight excluding hydrogens is 244 g/mol. The number of carbonyl (C=O) groups is 1. The highest BCUT2D eigenvalue weighted by molar-refractivity contribution is 7.99. The number of thioether (sulfide) groups is 1. The van der Waals surface area contributed by atoms with Crippen molar-refractivity contribution in [1.82, 2.24) is 0 Å². The molecule has 3 heteroatoms. The van der Waals surface area contributed by atoms with E-state index >= 15 is 0 Å². The van der Waals surface area contributed by atoms with E-state index in [2.05, 4.69) is 26.0 Å². The van der Waals surface area contributed by atoms with E-state index in [-0.39, 0.29) is 17.8 Å². The van der Waals surface area contributed by atoms with Crippen molar-refractivity contribution in [1.29, 1.82) is 0 Å². The number of benzene rings is 1. The fraction of sp³-hybridized carbons (Fsp3) is 0.533. The lowest BCUT2D eigenvalue weighted by Crippen LogP contribution is -2.19. The van der Waals surface area contributed by atoms with Gasteiger partial charge in [0, 0.05) is 10.1 Å². The molecule has 100 valence electrons. The first-order valence-corrected chi connectivity index (χ1v) is 7.18. The van der Waals surface area contributed by atoms with Gasteiger partial charge in [0.2, 0.25) is 0 Å². The molecule has 0 saturated carbocycles. The highest BCUT2D eigenvalue weighted by Crippen LogP contribution is 2.29. The normalized spacial score (nSPS) is 12.8. The Kier molecular flexibility index (Phi) is 5.73. The van der Waals surface area contributed by atoms with E-state index in [1.807, 2.05) is 37.7 Å². The zero-order valence-electron chi connectivity index (χ0n) is 11.8. The molecule has 0 bridgehead atoms. The van der Waals surface area contributed by atoms with E-state index in [0.717, 1.165) is 5.56 Å². The first-order valence-electron chi connectivity index (χ1n) is 6.30. The largest absolute Gasteiger partial charge is 0.469 e. The quantitative estimate of drug-likeness (QED) is 0.593. The van der Waals surface area contributed by atoms with Gasteiger partial charge in [-0.1, -0.05) is 39.8 Å². The Morgan fingerprint density at radius 3 is 2.06 bits per heavy atom. The van der Waals surface area contributed by atoms with Crippen LogP contribution in [-0.2, 0) is 9.53 Å². The van der Waals surface area contributed by atoms with Gasteiger partial charge in [-0.05, 0) is 23.6 Å². The summed E-state index contributed by atoms with van der Waals surface area (Å²) in [6.07, 6.45) is 0. The second-order valence-electron chi connectivity index (χ2n) is 4.98. The average molecular weight is 266 g/mol. The molecule has 0 aromatic heterocycles. The van der Waals surface area contributed by atoms with Crippen LogP contribution in [0.25, 0.3) is 0 Å². The van der Waals surface area contributed by atoms with Gasteiger partial charge < -0.3 is 4.74 Å². The topological polar surface area (TPSA) is 26.3 Å². The molecule has 0 saturated heterocycles. The molecule has 0 spiro atoms. The van der Waals surface area contributed by atoms with Crippen LogP contribution >= 0.6 is 11.8 Å². The summed E-state index contributed by atoms with van der Waals surface area (Å²) in [4.78, 5) is 13.0. The van der Waals surface area contributed by atoms with Crippen molar-refractivity contribution in [3.8, 4) is 0 Å². The number of rotatable bonds is 5. The lowest BCUT2D eigenvalue weighted by Gasteiger charge is -2.19. The van der Waals surface area contributed by atoms with Crippen LogP contribution in [0.1, 0.15) is 39.2 Å². The SMILES string of the molecule is COC(=O)C(c1ccc(SC(C)C)cc1)C(C)C. The Bertz CT molecular complexity index is 382. The molecule has 0 fully saturated rings. The Balaban J connectivity index is 2.90. The summed E-state index contributed by atoms with van der Waals surface area (Å²) in [7, 11) is 1.45. The van der Waals surface area contributed by atoms with Crippen molar-refractivity contribution < 1.29 is 9.53 Å². The van der Waals surface area contributed by atoms with Gasteiger partial charge >= 0.3 is 5.97 Å². The molecule has 2 nitrogen and oxygen atoms in total. The van der Waals surface area contributed by atoms with Gasteiger partial charge in [-0.15, -0.1) is 11.8 Å². The molecule has 0 aliphatic rings. The molecule has 18 heavy (non-hydrogen) atoms. The number of carbonyl (C=O) groups excluding carboxylic acids is 1. The molecule has 0 amide bonds. The molecule has 0 N–H and O–H groups in total. The third kappa shape index (κ3) is 4.05. The molecule has 1 aromatic rings. The second kappa shape index (κ2) is 6.83. The third-order valence-electron chi connectivity index (χ3n) is 2.73. The minimum absolute atomic E-state index is 0.158. The molecule has 1 unspecified atom stereocenters. The first kappa shape index (κ1) is 15.1. The molecule has 0 heterocycles. The van der Waals surface area contributed by atoms with Crippen molar-refractivity contribution in [2.45, 2.75) is 43.8 Å². The van der Waals surface area contributed by atoms with Gasteiger partial charge in [-0.25, -0.2) is 0 Å². The van der Waals surface area contributed by atoms with E-state index in [0.29, 0.717) is 5.25 Å². The van der Waals surface area contributed by atoms with E-state index in [4.69, 9.17) is 4.74 Å². The smallest absolute Gasteiger partial charge is 0.313 e. The Morgan fingerprint density at radius 1 is 1.11 bits per heavy atom. The minimum atomic E-state index is -0.173. The van der Waals surface area contributed by atoms with Crippen molar-refractivity contribution in [3.05, 3.63) is 29.8 Å². The zero-order chi connectivity index (χ0) is 13.7. The predicted molar refractivity (Wildman–Crippen MR) is 77.0 cm³/mol. The highest BCUT2D eigenvalue weighted by Gasteiger charge is 2.24. The third-order valence-corrected chi connectivity index (χ3v) is 3.75. The Morgan fingerprint density at radius 2 is 1.67 bits per heavy atom. The molecule has 0 aliphatic heterocycles. The molecule has 0 aliphatic carbocycles. The molecular formula is C15H22O2S. The van der Waals surface area contributed by atoms with E-state index in [1.54, 1.807) is 0 Å². The second-order valence-corrected chi connectivity index (χ2v) is 6.63. The molecule has 1 rings (SSSR count). The van der Waals surface area contributed by atoms with Crippen LogP contribution in [0.15, 0.2) is 29.2 Å². The number of hydrogen-bond acceptors (Lipinski definition) is 3. The Hall–Kier alpha value is -0.960. The van der Waals surface area contributed by atoms with Crippen molar-refractivity contribution in [2.75, 3.05) is 7.11 Å².